The van der Waals surface area contributed by atoms with Crippen LogP contribution in [0.1, 0.15) is 34.1 Å². The van der Waals surface area contributed by atoms with Crippen molar-refractivity contribution in [1.29, 1.82) is 0 Å². The summed E-state index contributed by atoms with van der Waals surface area (Å²) in [4.78, 5) is 0. The van der Waals surface area contributed by atoms with Crippen molar-refractivity contribution in [2.24, 2.45) is 0 Å². The molecule has 0 fully saturated rings. The van der Waals surface area contributed by atoms with Gasteiger partial charge in [-0.25, -0.2) is 0 Å². The summed E-state index contributed by atoms with van der Waals surface area (Å²) in [5.74, 6) is 0. The van der Waals surface area contributed by atoms with Crippen LogP contribution in [0, 0.1) is 0 Å². The van der Waals surface area contributed by atoms with Gasteiger partial charge in [0.05, 0.1) is 0 Å². The van der Waals surface area contributed by atoms with Gasteiger partial charge in [-0.2, -0.15) is 0 Å². The maximum Gasteiger partial charge on any atom is 0.501 e. The first kappa shape index (κ1) is 18.0. The summed E-state index contributed by atoms with van der Waals surface area (Å²) in [6.45, 7) is 10.2. The highest BCUT2D eigenvalue weighted by molar-refractivity contribution is 6.60. The molecule has 0 aliphatic carbocycles. The van der Waals surface area contributed by atoms with Gasteiger partial charge in [-0.05, 0) is 34.1 Å². The second-order valence-corrected chi connectivity index (χ2v) is 6.49. The highest BCUT2D eigenvalue weighted by Crippen LogP contribution is 2.18. The van der Waals surface area contributed by atoms with Crippen LogP contribution in [0.3, 0.4) is 0 Å². The van der Waals surface area contributed by atoms with Crippen molar-refractivity contribution in [2.75, 3.05) is 33.5 Å². The van der Waals surface area contributed by atoms with E-state index in [0.717, 1.165) is 12.5 Å². The highest BCUT2D eigenvalue weighted by Gasteiger charge is 2.39. The third-order valence-corrected chi connectivity index (χ3v) is 5.56. The molecule has 0 rings (SSSR count). The fourth-order valence-electron chi connectivity index (χ4n) is 1.61. The Balaban J connectivity index is 4.12. The van der Waals surface area contributed by atoms with E-state index in [1.165, 1.54) is 0 Å². The summed E-state index contributed by atoms with van der Waals surface area (Å²) in [6, 6.07) is 0.777. The van der Waals surface area contributed by atoms with Crippen molar-refractivity contribution in [3.05, 3.63) is 0 Å². The molecule has 0 heterocycles. The lowest BCUT2D eigenvalue weighted by Gasteiger charge is -2.28. The maximum atomic E-state index is 5.75. The largest absolute Gasteiger partial charge is 0.501 e. The topological polar surface area (TPSA) is 46.2 Å². The molecule has 0 radical (unpaired) electrons. The Morgan fingerprint density at radius 1 is 0.944 bits per heavy atom. The molecule has 0 N–H and O–H groups in total. The van der Waals surface area contributed by atoms with Crippen molar-refractivity contribution in [2.45, 2.75) is 46.4 Å². The maximum absolute atomic E-state index is 5.75. The first-order chi connectivity index (χ1) is 8.64. The lowest BCUT2D eigenvalue weighted by atomic mass is 10.5. The Bertz CT molecular complexity index is 174. The van der Waals surface area contributed by atoms with E-state index >= 15 is 0 Å². The van der Waals surface area contributed by atoms with Crippen LogP contribution >= 0.6 is 0 Å². The predicted octanol–water partition coefficient (Wildman–Crippen LogP) is 2.43. The van der Waals surface area contributed by atoms with Gasteiger partial charge >= 0.3 is 8.80 Å². The SMILES string of the molecule is CCO[Si](CCCOC(C)OC)(OCC)OCC. The van der Waals surface area contributed by atoms with E-state index in [0.29, 0.717) is 26.4 Å². The summed E-state index contributed by atoms with van der Waals surface area (Å²) in [5, 5.41) is 0. The van der Waals surface area contributed by atoms with Gasteiger partial charge in [0.1, 0.15) is 0 Å². The van der Waals surface area contributed by atoms with E-state index in [1.807, 2.05) is 27.7 Å². The molecule has 110 valence electrons. The summed E-state index contributed by atoms with van der Waals surface area (Å²) >= 11 is 0. The van der Waals surface area contributed by atoms with Crippen LogP contribution in [0.25, 0.3) is 0 Å². The molecule has 18 heavy (non-hydrogen) atoms. The number of hydrogen-bond acceptors (Lipinski definition) is 5. The van der Waals surface area contributed by atoms with Crippen molar-refractivity contribution in [1.82, 2.24) is 0 Å². The first-order valence-electron chi connectivity index (χ1n) is 6.70. The van der Waals surface area contributed by atoms with Crippen LogP contribution in [0.4, 0.5) is 0 Å². The van der Waals surface area contributed by atoms with Crippen LogP contribution in [0.2, 0.25) is 6.04 Å². The Morgan fingerprint density at radius 2 is 1.44 bits per heavy atom. The summed E-state index contributed by atoms with van der Waals surface area (Å²) < 4.78 is 27.7. The molecule has 0 bridgehead atoms. The number of methoxy groups -OCH3 is 1. The smallest absolute Gasteiger partial charge is 0.374 e. The summed E-state index contributed by atoms with van der Waals surface area (Å²) in [7, 11) is -0.869. The fourth-order valence-corrected chi connectivity index (χ4v) is 4.19. The Morgan fingerprint density at radius 3 is 1.83 bits per heavy atom. The zero-order valence-corrected chi connectivity index (χ0v) is 13.4. The van der Waals surface area contributed by atoms with Gasteiger partial charge in [0, 0.05) is 39.6 Å². The second kappa shape index (κ2) is 10.9. The van der Waals surface area contributed by atoms with Crippen molar-refractivity contribution < 1.29 is 22.8 Å². The molecule has 0 amide bonds. The lowest BCUT2D eigenvalue weighted by Crippen LogP contribution is -2.46. The van der Waals surface area contributed by atoms with Crippen molar-refractivity contribution >= 4 is 8.80 Å². The zero-order chi connectivity index (χ0) is 13.9. The van der Waals surface area contributed by atoms with Gasteiger partial charge in [0.15, 0.2) is 6.29 Å². The molecule has 0 aliphatic heterocycles. The molecule has 0 spiro atoms. The minimum Gasteiger partial charge on any atom is -0.374 e. The van der Waals surface area contributed by atoms with Gasteiger partial charge in [0.25, 0.3) is 0 Å². The second-order valence-electron chi connectivity index (χ2n) is 3.76. The minimum atomic E-state index is -2.50. The van der Waals surface area contributed by atoms with Crippen LogP contribution in [-0.4, -0.2) is 48.6 Å². The molecular weight excluding hydrogens is 252 g/mol. The third-order valence-electron chi connectivity index (χ3n) is 2.40. The molecule has 0 saturated heterocycles. The molecule has 0 aromatic rings. The van der Waals surface area contributed by atoms with Crippen LogP contribution < -0.4 is 0 Å². The monoisotopic (exact) mass is 280 g/mol. The average molecular weight is 280 g/mol. The predicted molar refractivity (Wildman–Crippen MR) is 72.5 cm³/mol. The van der Waals surface area contributed by atoms with Gasteiger partial charge in [-0.15, -0.1) is 0 Å². The van der Waals surface area contributed by atoms with Gasteiger partial charge in [-0.3, -0.25) is 0 Å². The molecule has 0 aromatic heterocycles. The van der Waals surface area contributed by atoms with E-state index in [9.17, 15) is 0 Å². The molecule has 6 heteroatoms. The Hall–Kier alpha value is 0.0169. The van der Waals surface area contributed by atoms with Crippen molar-refractivity contribution in [3.8, 4) is 0 Å². The van der Waals surface area contributed by atoms with E-state index in [1.54, 1.807) is 7.11 Å². The fraction of sp³-hybridized carbons (Fsp3) is 1.00. The number of rotatable bonds is 12. The molecular formula is C12H28O5Si. The van der Waals surface area contributed by atoms with Gasteiger partial charge in [0.2, 0.25) is 0 Å². The first-order valence-corrected chi connectivity index (χ1v) is 8.63. The van der Waals surface area contributed by atoms with Crippen LogP contribution in [0.5, 0.6) is 0 Å². The molecule has 1 unspecified atom stereocenters. The van der Waals surface area contributed by atoms with Gasteiger partial charge < -0.3 is 22.8 Å². The molecule has 1 atom stereocenters. The minimum absolute atomic E-state index is 0.174. The third kappa shape index (κ3) is 7.45. The van der Waals surface area contributed by atoms with Crippen molar-refractivity contribution in [3.63, 3.8) is 0 Å². The van der Waals surface area contributed by atoms with E-state index in [-0.39, 0.29) is 6.29 Å². The number of hydrogen-bond donors (Lipinski definition) is 0. The molecule has 0 aromatic carbocycles. The average Bonchev–Trinajstić information content (AvgIpc) is 2.35. The lowest BCUT2D eigenvalue weighted by molar-refractivity contribution is -0.111. The summed E-state index contributed by atoms with van der Waals surface area (Å²) in [6.07, 6.45) is 0.673. The molecule has 0 aliphatic rings. The number of ether oxygens (including phenoxy) is 2. The van der Waals surface area contributed by atoms with Crippen LogP contribution in [0.15, 0.2) is 0 Å². The normalized spacial score (nSPS) is 13.8. The van der Waals surface area contributed by atoms with E-state index in [4.69, 9.17) is 22.8 Å². The molecule has 5 nitrogen and oxygen atoms in total. The molecule has 0 saturated carbocycles. The Kier molecular flexibility index (Phi) is 10.9. The standard InChI is InChI=1S/C12H28O5Si/c1-6-15-18(16-7-2,17-8-3)11-9-10-14-12(4)13-5/h12H,6-11H2,1-5H3. The summed E-state index contributed by atoms with van der Waals surface area (Å²) in [5.41, 5.74) is 0. The van der Waals surface area contributed by atoms with Crippen LogP contribution in [-0.2, 0) is 22.8 Å². The zero-order valence-electron chi connectivity index (χ0n) is 12.4. The van der Waals surface area contributed by atoms with E-state index < -0.39 is 8.80 Å². The quantitative estimate of drug-likeness (QED) is 0.312. The van der Waals surface area contributed by atoms with E-state index in [2.05, 4.69) is 0 Å². The van der Waals surface area contributed by atoms with Gasteiger partial charge in [-0.1, -0.05) is 0 Å². The highest BCUT2D eigenvalue weighted by atomic mass is 28.4. The Labute approximate surface area is 112 Å².